The van der Waals surface area contributed by atoms with E-state index in [9.17, 15) is 10.1 Å². The van der Waals surface area contributed by atoms with Gasteiger partial charge in [0.15, 0.2) is 0 Å². The van der Waals surface area contributed by atoms with Gasteiger partial charge in [0.1, 0.15) is 11.5 Å². The molecule has 1 N–H and O–H groups in total. The fraction of sp³-hybridized carbons (Fsp3) is 0.250. The van der Waals surface area contributed by atoms with Crippen LogP contribution in [-0.4, -0.2) is 12.0 Å². The molecule has 0 radical (unpaired) electrons. The Morgan fingerprint density at radius 3 is 2.38 bits per heavy atom. The van der Waals surface area contributed by atoms with E-state index >= 15 is 0 Å². The molecule has 0 bridgehead atoms. The lowest BCUT2D eigenvalue weighted by molar-refractivity contribution is -0.385. The Hall–Kier alpha value is -2.40. The molecule has 0 spiro atoms. The minimum atomic E-state index is -0.376. The predicted octanol–water partition coefficient (Wildman–Crippen LogP) is 3.72. The molecule has 0 heterocycles. The first-order valence-electron chi connectivity index (χ1n) is 6.68. The predicted molar refractivity (Wildman–Crippen MR) is 81.9 cm³/mol. The van der Waals surface area contributed by atoms with Crippen LogP contribution >= 0.6 is 0 Å². The number of aryl methyl sites for hydroxylation is 2. The third kappa shape index (κ3) is 3.58. The first kappa shape index (κ1) is 15.0. The largest absolute Gasteiger partial charge is 0.457 e. The summed E-state index contributed by atoms with van der Waals surface area (Å²) >= 11 is 0. The molecule has 5 heteroatoms. The van der Waals surface area contributed by atoms with Gasteiger partial charge < -0.3 is 10.1 Å². The summed E-state index contributed by atoms with van der Waals surface area (Å²) in [5, 5.41) is 14.0. The first-order valence-corrected chi connectivity index (χ1v) is 6.68. The molecule has 2 aromatic rings. The van der Waals surface area contributed by atoms with Crippen molar-refractivity contribution in [1.29, 1.82) is 0 Å². The van der Waals surface area contributed by atoms with Crippen LogP contribution in [0.4, 0.5) is 5.69 Å². The summed E-state index contributed by atoms with van der Waals surface area (Å²) in [6.45, 7) is 4.31. The van der Waals surface area contributed by atoms with Gasteiger partial charge in [-0.2, -0.15) is 0 Å². The molecule has 0 saturated heterocycles. The number of ether oxygens (including phenoxy) is 1. The van der Waals surface area contributed by atoms with Gasteiger partial charge in [-0.05, 0) is 50.2 Å². The summed E-state index contributed by atoms with van der Waals surface area (Å²) in [5.41, 5.74) is 2.62. The number of hydrogen-bond acceptors (Lipinski definition) is 4. The second-order valence-electron chi connectivity index (χ2n) is 4.94. The maximum atomic E-state index is 10.9. The van der Waals surface area contributed by atoms with Crippen molar-refractivity contribution in [1.82, 2.24) is 5.32 Å². The average molecular weight is 286 g/mol. The topological polar surface area (TPSA) is 64.4 Å². The van der Waals surface area contributed by atoms with Gasteiger partial charge in [0.25, 0.3) is 5.69 Å². The number of rotatable bonds is 5. The molecule has 0 aliphatic heterocycles. The minimum Gasteiger partial charge on any atom is -0.457 e. The third-order valence-electron chi connectivity index (χ3n) is 3.22. The van der Waals surface area contributed by atoms with E-state index in [1.165, 1.54) is 5.56 Å². The molecule has 0 amide bonds. The minimum absolute atomic E-state index is 0.115. The summed E-state index contributed by atoms with van der Waals surface area (Å²) in [7, 11) is 1.90. The van der Waals surface area contributed by atoms with Crippen LogP contribution in [0.2, 0.25) is 0 Å². The first-order chi connectivity index (χ1) is 10.0. The Balaban J connectivity index is 2.23. The third-order valence-corrected chi connectivity index (χ3v) is 3.22. The molecule has 0 atom stereocenters. The number of nitrogens with zero attached hydrogens (tertiary/aromatic N) is 1. The Labute approximate surface area is 123 Å². The zero-order valence-electron chi connectivity index (χ0n) is 12.3. The van der Waals surface area contributed by atoms with Crippen molar-refractivity contribution in [3.05, 3.63) is 63.2 Å². The molecular formula is C16H18N2O3. The van der Waals surface area contributed by atoms with Gasteiger partial charge in [-0.25, -0.2) is 0 Å². The standard InChI is InChI=1S/C16H18N2O3/c1-11-9-16(12(2)8-15(11)18(19)20)21-14-6-4-13(5-7-14)10-17-3/h4-9,17H,10H2,1-3H3. The van der Waals surface area contributed by atoms with Crippen molar-refractivity contribution < 1.29 is 9.66 Å². The van der Waals surface area contributed by atoms with Gasteiger partial charge in [0, 0.05) is 18.2 Å². The summed E-state index contributed by atoms with van der Waals surface area (Å²) in [6, 6.07) is 11.0. The maximum absolute atomic E-state index is 10.9. The van der Waals surface area contributed by atoms with Crippen molar-refractivity contribution in [3.63, 3.8) is 0 Å². The number of nitrogens with one attached hydrogen (secondary N) is 1. The molecule has 0 fully saturated rings. The summed E-state index contributed by atoms with van der Waals surface area (Å²) in [5.74, 6) is 1.35. The molecule has 21 heavy (non-hydrogen) atoms. The van der Waals surface area contributed by atoms with Crippen LogP contribution < -0.4 is 10.1 Å². The van der Waals surface area contributed by atoms with Gasteiger partial charge in [-0.3, -0.25) is 10.1 Å². The Kier molecular flexibility index (Phi) is 4.55. The van der Waals surface area contributed by atoms with Gasteiger partial charge in [0.2, 0.25) is 0 Å². The summed E-state index contributed by atoms with van der Waals surface area (Å²) in [6.07, 6.45) is 0. The number of nitro groups is 1. The second kappa shape index (κ2) is 6.37. The summed E-state index contributed by atoms with van der Waals surface area (Å²) in [4.78, 5) is 10.5. The van der Waals surface area contributed by atoms with Crippen molar-refractivity contribution in [2.75, 3.05) is 7.05 Å². The second-order valence-corrected chi connectivity index (χ2v) is 4.94. The van der Waals surface area contributed by atoms with Crippen LogP contribution in [0.5, 0.6) is 11.5 Å². The molecule has 0 unspecified atom stereocenters. The highest BCUT2D eigenvalue weighted by atomic mass is 16.6. The van der Waals surface area contributed by atoms with Gasteiger partial charge >= 0.3 is 0 Å². The molecule has 0 aliphatic carbocycles. The van der Waals surface area contributed by atoms with Crippen molar-refractivity contribution >= 4 is 5.69 Å². The van der Waals surface area contributed by atoms with Crippen molar-refractivity contribution in [3.8, 4) is 11.5 Å². The normalized spacial score (nSPS) is 10.4. The van der Waals surface area contributed by atoms with Crippen molar-refractivity contribution in [2.45, 2.75) is 20.4 Å². The molecule has 0 saturated carbocycles. The highest BCUT2D eigenvalue weighted by molar-refractivity contribution is 5.50. The zero-order chi connectivity index (χ0) is 15.4. The number of hydrogen-bond donors (Lipinski definition) is 1. The van der Waals surface area contributed by atoms with E-state index in [1.54, 1.807) is 26.0 Å². The highest BCUT2D eigenvalue weighted by Crippen LogP contribution is 2.31. The van der Waals surface area contributed by atoms with E-state index in [-0.39, 0.29) is 10.6 Å². The fourth-order valence-electron chi connectivity index (χ4n) is 2.09. The number of benzene rings is 2. The molecule has 2 aromatic carbocycles. The maximum Gasteiger partial charge on any atom is 0.272 e. The van der Waals surface area contributed by atoms with Gasteiger partial charge in [0.05, 0.1) is 4.92 Å². The lowest BCUT2D eigenvalue weighted by Gasteiger charge is -2.10. The molecule has 0 aliphatic rings. The Morgan fingerprint density at radius 1 is 1.14 bits per heavy atom. The van der Waals surface area contributed by atoms with E-state index in [0.717, 1.165) is 12.1 Å². The van der Waals surface area contributed by atoms with Crippen LogP contribution in [0.15, 0.2) is 36.4 Å². The van der Waals surface area contributed by atoms with E-state index in [4.69, 9.17) is 4.74 Å². The number of nitro benzene ring substituents is 1. The van der Waals surface area contributed by atoms with Gasteiger partial charge in [-0.15, -0.1) is 0 Å². The lowest BCUT2D eigenvalue weighted by Crippen LogP contribution is -2.04. The van der Waals surface area contributed by atoms with Crippen LogP contribution in [0.1, 0.15) is 16.7 Å². The smallest absolute Gasteiger partial charge is 0.272 e. The Morgan fingerprint density at radius 2 is 1.81 bits per heavy atom. The van der Waals surface area contributed by atoms with Crippen LogP contribution in [0, 0.1) is 24.0 Å². The Bertz CT molecular complexity index is 651. The van der Waals surface area contributed by atoms with E-state index in [0.29, 0.717) is 17.1 Å². The molecule has 0 aromatic heterocycles. The molecular weight excluding hydrogens is 268 g/mol. The van der Waals surface area contributed by atoms with Crippen molar-refractivity contribution in [2.24, 2.45) is 0 Å². The SMILES string of the molecule is CNCc1ccc(Oc2cc(C)c([N+](=O)[O-])cc2C)cc1. The summed E-state index contributed by atoms with van der Waals surface area (Å²) < 4.78 is 5.81. The zero-order valence-corrected chi connectivity index (χ0v) is 12.3. The quantitative estimate of drug-likeness (QED) is 0.672. The molecule has 110 valence electrons. The van der Waals surface area contributed by atoms with Gasteiger partial charge in [-0.1, -0.05) is 12.1 Å². The monoisotopic (exact) mass is 286 g/mol. The highest BCUT2D eigenvalue weighted by Gasteiger charge is 2.14. The van der Waals surface area contributed by atoms with E-state index in [2.05, 4.69) is 5.32 Å². The van der Waals surface area contributed by atoms with Crippen LogP contribution in [0.3, 0.4) is 0 Å². The molecule has 5 nitrogen and oxygen atoms in total. The van der Waals surface area contributed by atoms with E-state index in [1.807, 2.05) is 31.3 Å². The average Bonchev–Trinajstić information content (AvgIpc) is 2.44. The van der Waals surface area contributed by atoms with Crippen LogP contribution in [0.25, 0.3) is 0 Å². The fourth-order valence-corrected chi connectivity index (χ4v) is 2.09. The molecule has 2 rings (SSSR count). The van der Waals surface area contributed by atoms with E-state index < -0.39 is 0 Å². The lowest BCUT2D eigenvalue weighted by atomic mass is 10.1. The van der Waals surface area contributed by atoms with Crippen LogP contribution in [-0.2, 0) is 6.54 Å².